The number of halogens is 1. The highest BCUT2D eigenvalue weighted by molar-refractivity contribution is 9.10. The largest absolute Gasteiger partial charge is 0.372 e. The predicted octanol–water partition coefficient (Wildman–Crippen LogP) is 3.54. The molecule has 0 unspecified atom stereocenters. The number of anilines is 1. The number of benzene rings is 2. The molecule has 0 aromatic heterocycles. The van der Waals surface area contributed by atoms with Gasteiger partial charge in [0.2, 0.25) is 0 Å². The number of hydrogen-bond acceptors (Lipinski definition) is 2. The van der Waals surface area contributed by atoms with Crippen molar-refractivity contribution in [2.24, 2.45) is 0 Å². The van der Waals surface area contributed by atoms with E-state index in [-0.39, 0.29) is 0 Å². The normalized spacial score (nSPS) is 9.87. The molecular weight excluding hydrogens is 252 g/mol. The first-order chi connectivity index (χ1) is 7.29. The molecule has 0 radical (unpaired) electrons. The lowest BCUT2D eigenvalue weighted by molar-refractivity contribution is 1.32. The summed E-state index contributed by atoms with van der Waals surface area (Å²) in [5.41, 5.74) is 0.978. The lowest BCUT2D eigenvalue weighted by Gasteiger charge is -2.04. The third-order valence-electron chi connectivity index (χ3n) is 2.17. The zero-order chi connectivity index (χ0) is 10.7. The first kappa shape index (κ1) is 10.0. The van der Waals surface area contributed by atoms with Crippen LogP contribution in [0, 0.1) is 11.3 Å². The van der Waals surface area contributed by atoms with Crippen molar-refractivity contribution in [1.82, 2.24) is 0 Å². The summed E-state index contributed by atoms with van der Waals surface area (Å²) in [6, 6.07) is 14.3. The summed E-state index contributed by atoms with van der Waals surface area (Å²) < 4.78 is 1.08. The van der Waals surface area contributed by atoms with E-state index in [1.807, 2.05) is 24.3 Å². The molecular formula is C12H9BrN2. The van der Waals surface area contributed by atoms with E-state index in [2.05, 4.69) is 39.4 Å². The van der Waals surface area contributed by atoms with Crippen molar-refractivity contribution < 1.29 is 0 Å². The van der Waals surface area contributed by atoms with Crippen LogP contribution in [-0.4, -0.2) is 6.54 Å². The number of fused-ring (bicyclic) bond motifs is 1. The van der Waals surface area contributed by atoms with E-state index in [9.17, 15) is 0 Å². The van der Waals surface area contributed by atoms with E-state index in [0.717, 1.165) is 10.2 Å². The summed E-state index contributed by atoms with van der Waals surface area (Å²) in [6.07, 6.45) is 0. The first-order valence-corrected chi connectivity index (χ1v) is 5.39. The lowest BCUT2D eigenvalue weighted by Crippen LogP contribution is -1.97. The van der Waals surface area contributed by atoms with Crippen molar-refractivity contribution in [3.63, 3.8) is 0 Å². The number of nitrogens with zero attached hydrogens (tertiary/aromatic N) is 1. The quantitative estimate of drug-likeness (QED) is 0.839. The average molecular weight is 261 g/mol. The molecule has 0 amide bonds. The number of rotatable bonds is 2. The molecule has 0 saturated carbocycles. The predicted molar refractivity (Wildman–Crippen MR) is 65.8 cm³/mol. The molecule has 74 valence electrons. The van der Waals surface area contributed by atoms with Crippen LogP contribution in [-0.2, 0) is 0 Å². The molecule has 0 aliphatic heterocycles. The van der Waals surface area contributed by atoms with Gasteiger partial charge in [0, 0.05) is 10.2 Å². The Kier molecular flexibility index (Phi) is 2.89. The molecule has 0 atom stereocenters. The van der Waals surface area contributed by atoms with Gasteiger partial charge in [-0.15, -0.1) is 0 Å². The van der Waals surface area contributed by atoms with Gasteiger partial charge in [0.15, 0.2) is 0 Å². The smallest absolute Gasteiger partial charge is 0.103 e. The van der Waals surface area contributed by atoms with Crippen molar-refractivity contribution >= 4 is 32.4 Å². The van der Waals surface area contributed by atoms with Gasteiger partial charge in [-0.1, -0.05) is 28.1 Å². The summed E-state index contributed by atoms with van der Waals surface area (Å²) in [5.74, 6) is 0. The van der Waals surface area contributed by atoms with Crippen LogP contribution >= 0.6 is 15.9 Å². The third kappa shape index (κ3) is 2.28. The van der Waals surface area contributed by atoms with Crippen LogP contribution in [0.3, 0.4) is 0 Å². The second-order valence-electron chi connectivity index (χ2n) is 3.22. The Bertz CT molecular complexity index is 529. The molecule has 1 N–H and O–H groups in total. The molecule has 15 heavy (non-hydrogen) atoms. The second kappa shape index (κ2) is 4.33. The maximum absolute atomic E-state index is 8.46. The minimum atomic E-state index is 0.335. The van der Waals surface area contributed by atoms with Gasteiger partial charge in [0.25, 0.3) is 0 Å². The van der Waals surface area contributed by atoms with E-state index >= 15 is 0 Å². The Morgan fingerprint density at radius 2 is 1.87 bits per heavy atom. The molecule has 0 spiro atoms. The molecule has 0 heterocycles. The maximum atomic E-state index is 8.46. The zero-order valence-corrected chi connectivity index (χ0v) is 9.58. The van der Waals surface area contributed by atoms with Gasteiger partial charge in [0.05, 0.1) is 6.07 Å². The molecule has 0 bridgehead atoms. The minimum absolute atomic E-state index is 0.335. The summed E-state index contributed by atoms with van der Waals surface area (Å²) in [5, 5.41) is 13.8. The van der Waals surface area contributed by atoms with Crippen molar-refractivity contribution in [3.05, 3.63) is 40.9 Å². The van der Waals surface area contributed by atoms with Crippen LogP contribution in [0.5, 0.6) is 0 Å². The van der Waals surface area contributed by atoms with Crippen LogP contribution < -0.4 is 5.32 Å². The van der Waals surface area contributed by atoms with Crippen LogP contribution in [0.2, 0.25) is 0 Å². The molecule has 0 fully saturated rings. The topological polar surface area (TPSA) is 35.8 Å². The lowest BCUT2D eigenvalue weighted by atomic mass is 10.1. The Morgan fingerprint density at radius 1 is 1.13 bits per heavy atom. The van der Waals surface area contributed by atoms with E-state index < -0.39 is 0 Å². The average Bonchev–Trinajstić information content (AvgIpc) is 2.26. The van der Waals surface area contributed by atoms with Gasteiger partial charge in [0.1, 0.15) is 6.54 Å². The van der Waals surface area contributed by atoms with Gasteiger partial charge in [-0.05, 0) is 35.0 Å². The number of hydrogen-bond donors (Lipinski definition) is 1. The Morgan fingerprint density at radius 3 is 2.67 bits per heavy atom. The fraction of sp³-hybridized carbons (Fsp3) is 0.0833. The van der Waals surface area contributed by atoms with Crippen LogP contribution in [0.4, 0.5) is 5.69 Å². The van der Waals surface area contributed by atoms with E-state index in [1.165, 1.54) is 10.8 Å². The zero-order valence-electron chi connectivity index (χ0n) is 8.00. The van der Waals surface area contributed by atoms with E-state index in [1.54, 1.807) is 0 Å². The van der Waals surface area contributed by atoms with Crippen molar-refractivity contribution in [2.45, 2.75) is 0 Å². The Balaban J connectivity index is 2.40. The molecule has 2 rings (SSSR count). The summed E-state index contributed by atoms with van der Waals surface area (Å²) in [7, 11) is 0. The summed E-state index contributed by atoms with van der Waals surface area (Å²) >= 11 is 3.43. The fourth-order valence-electron chi connectivity index (χ4n) is 1.47. The minimum Gasteiger partial charge on any atom is -0.372 e. The summed E-state index contributed by atoms with van der Waals surface area (Å²) in [6.45, 7) is 0.335. The summed E-state index contributed by atoms with van der Waals surface area (Å²) in [4.78, 5) is 0. The highest BCUT2D eigenvalue weighted by Gasteiger charge is 1.96. The van der Waals surface area contributed by atoms with Crippen LogP contribution in [0.15, 0.2) is 40.9 Å². The Hall–Kier alpha value is -1.53. The van der Waals surface area contributed by atoms with Crippen molar-refractivity contribution in [3.8, 4) is 6.07 Å². The third-order valence-corrected chi connectivity index (χ3v) is 2.67. The maximum Gasteiger partial charge on any atom is 0.103 e. The first-order valence-electron chi connectivity index (χ1n) is 4.60. The van der Waals surface area contributed by atoms with Gasteiger partial charge in [-0.3, -0.25) is 0 Å². The molecule has 2 aromatic rings. The van der Waals surface area contributed by atoms with Crippen LogP contribution in [0.1, 0.15) is 0 Å². The molecule has 0 saturated heterocycles. The second-order valence-corrected chi connectivity index (χ2v) is 4.13. The number of nitriles is 1. The molecule has 2 aromatic carbocycles. The van der Waals surface area contributed by atoms with E-state index in [4.69, 9.17) is 5.26 Å². The van der Waals surface area contributed by atoms with Gasteiger partial charge in [-0.2, -0.15) is 5.26 Å². The Labute approximate surface area is 96.7 Å². The van der Waals surface area contributed by atoms with Gasteiger partial charge < -0.3 is 5.32 Å². The number of nitrogens with one attached hydrogen (secondary N) is 1. The standard InChI is InChI=1S/C12H9BrN2/c13-11-3-1-10-8-12(15-6-5-14)4-2-9(10)7-11/h1-4,7-8,15H,6H2. The van der Waals surface area contributed by atoms with Crippen LogP contribution in [0.25, 0.3) is 10.8 Å². The van der Waals surface area contributed by atoms with Gasteiger partial charge >= 0.3 is 0 Å². The molecule has 0 aliphatic rings. The molecule has 3 heteroatoms. The highest BCUT2D eigenvalue weighted by Crippen LogP contribution is 2.22. The highest BCUT2D eigenvalue weighted by atomic mass is 79.9. The van der Waals surface area contributed by atoms with Crippen molar-refractivity contribution in [2.75, 3.05) is 11.9 Å². The van der Waals surface area contributed by atoms with Crippen molar-refractivity contribution in [1.29, 1.82) is 5.26 Å². The fourth-order valence-corrected chi connectivity index (χ4v) is 1.85. The monoisotopic (exact) mass is 260 g/mol. The molecule has 2 nitrogen and oxygen atoms in total. The molecule has 0 aliphatic carbocycles. The SMILES string of the molecule is N#CCNc1ccc2cc(Br)ccc2c1. The van der Waals surface area contributed by atoms with E-state index in [0.29, 0.717) is 6.54 Å². The van der Waals surface area contributed by atoms with Gasteiger partial charge in [-0.25, -0.2) is 0 Å².